The summed E-state index contributed by atoms with van der Waals surface area (Å²) >= 11 is 0. The van der Waals surface area contributed by atoms with E-state index in [4.69, 9.17) is 0 Å². The number of hydrogen-bond acceptors (Lipinski definition) is 2. The highest BCUT2D eigenvalue weighted by molar-refractivity contribution is 5.74. The Balaban J connectivity index is 1.09. The highest BCUT2D eigenvalue weighted by Gasteiger charge is 2.51. The summed E-state index contributed by atoms with van der Waals surface area (Å²) in [6.07, 6.45) is 30.4. The lowest BCUT2D eigenvalue weighted by atomic mass is 9.65. The number of para-hydroxylation sites is 1. The van der Waals surface area contributed by atoms with Gasteiger partial charge in [0.05, 0.1) is 0 Å². The van der Waals surface area contributed by atoms with Crippen LogP contribution in [0.4, 0.5) is 22.7 Å². The van der Waals surface area contributed by atoms with E-state index in [-0.39, 0.29) is 5.41 Å². The van der Waals surface area contributed by atoms with Crippen LogP contribution in [0.1, 0.15) is 107 Å². The molecule has 4 aliphatic carbocycles. The molecule has 0 aliphatic heterocycles. The van der Waals surface area contributed by atoms with Gasteiger partial charge in [-0.25, -0.2) is 0 Å². The van der Waals surface area contributed by atoms with Crippen molar-refractivity contribution in [1.82, 2.24) is 0 Å². The molecule has 2 unspecified atom stereocenters. The molecule has 332 valence electrons. The zero-order chi connectivity index (χ0) is 45.0. The molecule has 0 N–H and O–H groups in total. The molecule has 0 fully saturated rings. The zero-order valence-corrected chi connectivity index (χ0v) is 39.5. The first-order valence-electron chi connectivity index (χ1n) is 24.9. The molecule has 0 radical (unpaired) electrons. The second-order valence-corrected chi connectivity index (χ2v) is 19.5. The maximum atomic E-state index is 4.04. The maximum absolute atomic E-state index is 4.04. The monoisotopic (exact) mass is 863 g/mol. The summed E-state index contributed by atoms with van der Waals surface area (Å²) in [6.45, 7) is 10.6. The van der Waals surface area contributed by atoms with Crippen molar-refractivity contribution in [3.05, 3.63) is 250 Å². The van der Waals surface area contributed by atoms with Gasteiger partial charge in [0.1, 0.15) is 0 Å². The van der Waals surface area contributed by atoms with Gasteiger partial charge in [0.25, 0.3) is 0 Å². The fourth-order valence-electron chi connectivity index (χ4n) is 11.7. The normalized spacial score (nSPS) is 17.5. The molecular formula is C64H66N2. The van der Waals surface area contributed by atoms with Crippen molar-refractivity contribution in [2.45, 2.75) is 109 Å². The fraction of sp³-hybridized carbons (Fsp3) is 0.281. The lowest BCUT2D eigenvalue weighted by Gasteiger charge is -2.40. The molecule has 10 rings (SSSR count). The van der Waals surface area contributed by atoms with E-state index >= 15 is 0 Å². The standard InChI is InChI=1S/C64H66N2/c1-5-7-21-54(6-2)65(56-24-15-17-46(3)40-56)58-34-36-60-61-37-35-59(66(55-22-9-8-10-23-55)57-25-16-18-47(4)41-57)45-63(61)64(62(60)44-58,38-13-11-19-48-26-28-50-30-32-52(50)42-48)39-14-12-20-49-27-29-51-31-33-53(51)43-49/h5-10,15-18,21-29,34-37,40-45,61,63H,1,11-14,19-20,30-33,38-39H2,2-4H3. The third-order valence-electron chi connectivity index (χ3n) is 15.3. The predicted molar refractivity (Wildman–Crippen MR) is 281 cm³/mol. The molecule has 2 atom stereocenters. The molecule has 2 nitrogen and oxygen atoms in total. The van der Waals surface area contributed by atoms with Crippen molar-refractivity contribution < 1.29 is 0 Å². The van der Waals surface area contributed by atoms with E-state index in [9.17, 15) is 0 Å². The SMILES string of the molecule is C=CC=CC(=CC)N(c1cccc(C)c1)c1ccc2c(c1)C(CCCCc1ccc3c(c1)CC3)(CCCCc1ccc3c(c1)CC3)C1C=C(N(c3ccccc3)c3cccc(C)c3)C=CC21. The Kier molecular flexibility index (Phi) is 12.7. The van der Waals surface area contributed by atoms with Crippen molar-refractivity contribution in [3.8, 4) is 0 Å². The molecule has 0 bridgehead atoms. The van der Waals surface area contributed by atoms with Crippen LogP contribution in [0.25, 0.3) is 0 Å². The van der Waals surface area contributed by atoms with Gasteiger partial charge in [0.2, 0.25) is 0 Å². The van der Waals surface area contributed by atoms with Gasteiger partial charge in [0, 0.05) is 45.5 Å². The first-order valence-corrected chi connectivity index (χ1v) is 24.9. The Labute approximate surface area is 395 Å². The van der Waals surface area contributed by atoms with E-state index in [0.29, 0.717) is 11.8 Å². The summed E-state index contributed by atoms with van der Waals surface area (Å²) in [4.78, 5) is 4.96. The van der Waals surface area contributed by atoms with E-state index in [1.165, 1.54) is 108 Å². The van der Waals surface area contributed by atoms with Gasteiger partial charge >= 0.3 is 0 Å². The van der Waals surface area contributed by atoms with Crippen LogP contribution >= 0.6 is 0 Å². The van der Waals surface area contributed by atoms with Gasteiger partial charge in [-0.1, -0.05) is 135 Å². The zero-order valence-electron chi connectivity index (χ0n) is 39.5. The van der Waals surface area contributed by atoms with E-state index < -0.39 is 0 Å². The number of nitrogens with zero attached hydrogens (tertiary/aromatic N) is 2. The lowest BCUT2D eigenvalue weighted by molar-refractivity contribution is 0.265. The van der Waals surface area contributed by atoms with Crippen LogP contribution in [0.2, 0.25) is 0 Å². The molecule has 0 heterocycles. The molecule has 0 amide bonds. The molecule has 6 aromatic rings. The maximum Gasteiger partial charge on any atom is 0.0464 e. The summed E-state index contributed by atoms with van der Waals surface area (Å²) in [5.74, 6) is 0.601. The summed E-state index contributed by atoms with van der Waals surface area (Å²) in [6, 6.07) is 51.1. The molecule has 4 aliphatic rings. The van der Waals surface area contributed by atoms with Crippen LogP contribution in [0.15, 0.2) is 194 Å². The minimum Gasteiger partial charge on any atom is -0.311 e. The Morgan fingerprint density at radius 2 is 1.23 bits per heavy atom. The second kappa shape index (κ2) is 19.2. The highest BCUT2D eigenvalue weighted by atomic mass is 15.2. The first-order chi connectivity index (χ1) is 32.4. The van der Waals surface area contributed by atoms with E-state index in [1.807, 2.05) is 6.08 Å². The topological polar surface area (TPSA) is 6.48 Å². The smallest absolute Gasteiger partial charge is 0.0464 e. The van der Waals surface area contributed by atoms with Gasteiger partial charge in [-0.15, -0.1) is 0 Å². The average molecular weight is 863 g/mol. The van der Waals surface area contributed by atoms with Gasteiger partial charge in [-0.2, -0.15) is 0 Å². The largest absolute Gasteiger partial charge is 0.311 e. The molecular weight excluding hydrogens is 797 g/mol. The third kappa shape index (κ3) is 8.71. The summed E-state index contributed by atoms with van der Waals surface area (Å²) < 4.78 is 0. The van der Waals surface area contributed by atoms with Gasteiger partial charge in [-0.3, -0.25) is 0 Å². The van der Waals surface area contributed by atoms with Crippen molar-refractivity contribution in [2.24, 2.45) is 5.92 Å². The summed E-state index contributed by atoms with van der Waals surface area (Å²) in [5.41, 5.74) is 21.9. The first kappa shape index (κ1) is 43.5. The van der Waals surface area contributed by atoms with Crippen LogP contribution in [0.5, 0.6) is 0 Å². The molecule has 0 saturated carbocycles. The number of hydrogen-bond donors (Lipinski definition) is 0. The number of unbranched alkanes of at least 4 members (excludes halogenated alkanes) is 2. The van der Waals surface area contributed by atoms with Crippen molar-refractivity contribution in [3.63, 3.8) is 0 Å². The Hall–Kier alpha value is -6.38. The number of aryl methyl sites for hydroxylation is 8. The van der Waals surface area contributed by atoms with Crippen molar-refractivity contribution in [2.75, 3.05) is 9.80 Å². The lowest BCUT2D eigenvalue weighted by Crippen LogP contribution is -2.34. The molecule has 2 heteroatoms. The summed E-state index contributed by atoms with van der Waals surface area (Å²) in [7, 11) is 0. The molecule has 6 aromatic carbocycles. The number of anilines is 4. The molecule has 0 aromatic heterocycles. The van der Waals surface area contributed by atoms with Crippen LogP contribution in [0, 0.1) is 19.8 Å². The van der Waals surface area contributed by atoms with Crippen molar-refractivity contribution >= 4 is 22.7 Å². The van der Waals surface area contributed by atoms with Crippen molar-refractivity contribution in [1.29, 1.82) is 0 Å². The predicted octanol–water partition coefficient (Wildman–Crippen LogP) is 16.4. The van der Waals surface area contributed by atoms with Crippen LogP contribution in [-0.4, -0.2) is 0 Å². The summed E-state index contributed by atoms with van der Waals surface area (Å²) in [5, 5.41) is 0. The number of benzene rings is 6. The quantitative estimate of drug-likeness (QED) is 0.0627. The van der Waals surface area contributed by atoms with Crippen LogP contribution < -0.4 is 9.80 Å². The van der Waals surface area contributed by atoms with E-state index in [0.717, 1.165) is 31.4 Å². The van der Waals surface area contributed by atoms with Gasteiger partial charge < -0.3 is 9.80 Å². The minimum atomic E-state index is -0.0623. The van der Waals surface area contributed by atoms with Crippen LogP contribution in [-0.2, 0) is 43.9 Å². The Morgan fingerprint density at radius 1 is 0.621 bits per heavy atom. The average Bonchev–Trinajstić information content (AvgIpc) is 3.58. The van der Waals surface area contributed by atoms with Crippen LogP contribution in [0.3, 0.4) is 0 Å². The Morgan fingerprint density at radius 3 is 1.82 bits per heavy atom. The highest BCUT2D eigenvalue weighted by Crippen LogP contribution is 2.59. The van der Waals surface area contributed by atoms with E-state index in [2.05, 4.69) is 207 Å². The fourth-order valence-corrected chi connectivity index (χ4v) is 11.7. The molecule has 0 saturated heterocycles. The number of allylic oxidation sites excluding steroid dienone is 7. The molecule has 0 spiro atoms. The third-order valence-corrected chi connectivity index (χ3v) is 15.3. The Bertz CT molecular complexity index is 2790. The minimum absolute atomic E-state index is 0.0623. The molecule has 66 heavy (non-hydrogen) atoms. The van der Waals surface area contributed by atoms with E-state index in [1.54, 1.807) is 27.8 Å². The van der Waals surface area contributed by atoms with Gasteiger partial charge in [-0.05, 0) is 207 Å². The second-order valence-electron chi connectivity index (χ2n) is 19.5. The number of rotatable bonds is 18. The van der Waals surface area contributed by atoms with Gasteiger partial charge in [0.15, 0.2) is 0 Å². The number of fused-ring (bicyclic) bond motifs is 5.